The van der Waals surface area contributed by atoms with Gasteiger partial charge < -0.3 is 10.6 Å². The maximum absolute atomic E-state index is 12.3. The third kappa shape index (κ3) is 4.16. The highest BCUT2D eigenvalue weighted by molar-refractivity contribution is 8.00. The zero-order chi connectivity index (χ0) is 15.2. The maximum Gasteiger partial charge on any atom is 0.237 e. The molecule has 0 atom stereocenters. The number of hydrogen-bond donors (Lipinski definition) is 1. The van der Waals surface area contributed by atoms with Gasteiger partial charge in [0.25, 0.3) is 0 Å². The summed E-state index contributed by atoms with van der Waals surface area (Å²) in [5.74, 6) is 0.435. The Morgan fingerprint density at radius 3 is 2.57 bits per heavy atom. The van der Waals surface area contributed by atoms with Crippen LogP contribution in [0.1, 0.15) is 6.92 Å². The number of anilines is 2. The van der Waals surface area contributed by atoms with Gasteiger partial charge >= 0.3 is 0 Å². The average molecular weight is 321 g/mol. The fourth-order valence-electron chi connectivity index (χ4n) is 1.93. The van der Waals surface area contributed by atoms with Crippen molar-refractivity contribution in [1.29, 1.82) is 0 Å². The number of nitrogens with two attached hydrogens (primary N) is 1. The van der Waals surface area contributed by atoms with E-state index in [1.165, 1.54) is 11.8 Å². The van der Waals surface area contributed by atoms with E-state index in [2.05, 4.69) is 0 Å². The van der Waals surface area contributed by atoms with E-state index in [9.17, 15) is 4.79 Å². The highest BCUT2D eigenvalue weighted by atomic mass is 35.5. The van der Waals surface area contributed by atoms with Crippen LogP contribution in [0.2, 0.25) is 5.02 Å². The summed E-state index contributed by atoms with van der Waals surface area (Å²) in [6, 6.07) is 15.1. The van der Waals surface area contributed by atoms with Crippen LogP contribution in [0.25, 0.3) is 0 Å². The molecule has 21 heavy (non-hydrogen) atoms. The van der Waals surface area contributed by atoms with Gasteiger partial charge in [0.15, 0.2) is 0 Å². The lowest BCUT2D eigenvalue weighted by molar-refractivity contribution is -0.116. The van der Waals surface area contributed by atoms with E-state index < -0.39 is 0 Å². The number of thioether (sulfide) groups is 1. The highest BCUT2D eigenvalue weighted by Crippen LogP contribution is 2.27. The highest BCUT2D eigenvalue weighted by Gasteiger charge is 2.14. The summed E-state index contributed by atoms with van der Waals surface area (Å²) < 4.78 is 0. The molecule has 1 amide bonds. The van der Waals surface area contributed by atoms with Crippen molar-refractivity contribution in [2.24, 2.45) is 0 Å². The Balaban J connectivity index is 2.01. The van der Waals surface area contributed by atoms with Crippen LogP contribution in [0, 0.1) is 0 Å². The van der Waals surface area contributed by atoms with Crippen LogP contribution in [-0.2, 0) is 4.79 Å². The maximum atomic E-state index is 12.3. The number of rotatable bonds is 5. The molecule has 0 saturated carbocycles. The molecule has 0 radical (unpaired) electrons. The van der Waals surface area contributed by atoms with Crippen LogP contribution < -0.4 is 10.6 Å². The van der Waals surface area contributed by atoms with Crippen molar-refractivity contribution in [3.8, 4) is 0 Å². The molecule has 2 rings (SSSR count). The minimum absolute atomic E-state index is 0.0710. The summed E-state index contributed by atoms with van der Waals surface area (Å²) in [5.41, 5.74) is 7.14. The number of amides is 1. The van der Waals surface area contributed by atoms with E-state index in [0.29, 0.717) is 23.0 Å². The molecular weight excluding hydrogens is 304 g/mol. The molecule has 2 N–H and O–H groups in total. The topological polar surface area (TPSA) is 46.3 Å². The molecule has 0 fully saturated rings. The summed E-state index contributed by atoms with van der Waals surface area (Å²) in [7, 11) is 0. The van der Waals surface area contributed by atoms with E-state index in [1.54, 1.807) is 17.0 Å². The lowest BCUT2D eigenvalue weighted by Gasteiger charge is -2.20. The third-order valence-electron chi connectivity index (χ3n) is 3.02. The zero-order valence-electron chi connectivity index (χ0n) is 11.8. The van der Waals surface area contributed by atoms with Crippen molar-refractivity contribution >= 4 is 40.6 Å². The van der Waals surface area contributed by atoms with Gasteiger partial charge in [-0.2, -0.15) is 0 Å². The van der Waals surface area contributed by atoms with Crippen molar-refractivity contribution < 1.29 is 4.79 Å². The second kappa shape index (κ2) is 7.38. The van der Waals surface area contributed by atoms with Gasteiger partial charge in [-0.3, -0.25) is 4.79 Å². The molecule has 2 aromatic carbocycles. The Morgan fingerprint density at radius 2 is 1.95 bits per heavy atom. The lowest BCUT2D eigenvalue weighted by Crippen LogP contribution is -2.32. The molecule has 110 valence electrons. The first-order valence-electron chi connectivity index (χ1n) is 6.65. The second-order valence-electron chi connectivity index (χ2n) is 4.45. The monoisotopic (exact) mass is 320 g/mol. The first kappa shape index (κ1) is 15.7. The Bertz CT molecular complexity index is 619. The molecule has 3 nitrogen and oxygen atoms in total. The van der Waals surface area contributed by atoms with E-state index in [0.717, 1.165) is 10.6 Å². The molecular formula is C16H17ClN2OS. The van der Waals surface area contributed by atoms with Gasteiger partial charge in [-0.05, 0) is 37.3 Å². The minimum atomic E-state index is 0.0710. The number of para-hydroxylation sites is 1. The summed E-state index contributed by atoms with van der Waals surface area (Å²) in [4.78, 5) is 15.1. The Morgan fingerprint density at radius 1 is 1.24 bits per heavy atom. The molecule has 0 spiro atoms. The molecule has 0 heterocycles. The van der Waals surface area contributed by atoms with E-state index >= 15 is 0 Å². The predicted molar refractivity (Wildman–Crippen MR) is 91.1 cm³/mol. The third-order valence-corrected chi connectivity index (χ3v) is 4.33. The van der Waals surface area contributed by atoms with Gasteiger partial charge in [0, 0.05) is 17.1 Å². The quantitative estimate of drug-likeness (QED) is 0.667. The number of nitrogen functional groups attached to an aromatic ring is 1. The first-order valence-corrected chi connectivity index (χ1v) is 8.01. The molecule has 5 heteroatoms. The van der Waals surface area contributed by atoms with Crippen LogP contribution in [0.3, 0.4) is 0 Å². The van der Waals surface area contributed by atoms with E-state index in [4.69, 9.17) is 17.3 Å². The van der Waals surface area contributed by atoms with Crippen LogP contribution in [0.4, 0.5) is 11.4 Å². The lowest BCUT2D eigenvalue weighted by atomic mass is 10.3. The Labute approximate surface area is 134 Å². The number of carbonyl (C=O) groups excluding carboxylic acids is 1. The standard InChI is InChI=1S/C16H17ClN2OS/c1-2-19(12-6-4-3-5-7-12)16(20)11-21-13-8-9-15(18)14(17)10-13/h3-10H,2,11,18H2,1H3. The van der Waals surface area contributed by atoms with Crippen molar-refractivity contribution in [3.63, 3.8) is 0 Å². The largest absolute Gasteiger partial charge is 0.398 e. The number of carbonyl (C=O) groups is 1. The van der Waals surface area contributed by atoms with Gasteiger partial charge in [-0.25, -0.2) is 0 Å². The van der Waals surface area contributed by atoms with Crippen LogP contribution in [-0.4, -0.2) is 18.2 Å². The van der Waals surface area contributed by atoms with Gasteiger partial charge in [0.1, 0.15) is 0 Å². The van der Waals surface area contributed by atoms with Crippen LogP contribution in [0.5, 0.6) is 0 Å². The molecule has 0 bridgehead atoms. The fourth-order valence-corrected chi connectivity index (χ4v) is 2.99. The van der Waals surface area contributed by atoms with Crippen LogP contribution in [0.15, 0.2) is 53.4 Å². The van der Waals surface area contributed by atoms with Crippen LogP contribution >= 0.6 is 23.4 Å². The Kier molecular flexibility index (Phi) is 5.53. The fraction of sp³-hybridized carbons (Fsp3) is 0.188. The van der Waals surface area contributed by atoms with Crippen molar-refractivity contribution in [2.45, 2.75) is 11.8 Å². The SMILES string of the molecule is CCN(C(=O)CSc1ccc(N)c(Cl)c1)c1ccccc1. The number of hydrogen-bond acceptors (Lipinski definition) is 3. The molecule has 2 aromatic rings. The van der Waals surface area contributed by atoms with Gasteiger partial charge in [0.05, 0.1) is 16.5 Å². The summed E-state index contributed by atoms with van der Waals surface area (Å²) >= 11 is 7.44. The number of benzene rings is 2. The molecule has 0 aromatic heterocycles. The Hall–Kier alpha value is -1.65. The summed E-state index contributed by atoms with van der Waals surface area (Å²) in [6.45, 7) is 2.61. The second-order valence-corrected chi connectivity index (χ2v) is 5.90. The number of halogens is 1. The van der Waals surface area contributed by atoms with Gasteiger partial charge in [-0.15, -0.1) is 11.8 Å². The van der Waals surface area contributed by atoms with Crippen molar-refractivity contribution in [2.75, 3.05) is 22.9 Å². The molecule has 0 aliphatic rings. The summed E-state index contributed by atoms with van der Waals surface area (Å²) in [5, 5.41) is 0.517. The summed E-state index contributed by atoms with van der Waals surface area (Å²) in [6.07, 6.45) is 0. The molecule has 0 aliphatic heterocycles. The van der Waals surface area contributed by atoms with Crippen molar-refractivity contribution in [3.05, 3.63) is 53.6 Å². The smallest absolute Gasteiger partial charge is 0.237 e. The molecule has 0 saturated heterocycles. The average Bonchev–Trinajstić information content (AvgIpc) is 2.50. The zero-order valence-corrected chi connectivity index (χ0v) is 13.3. The molecule has 0 unspecified atom stereocenters. The predicted octanol–water partition coefficient (Wildman–Crippen LogP) is 4.07. The van der Waals surface area contributed by atoms with E-state index in [1.807, 2.05) is 43.3 Å². The first-order chi connectivity index (χ1) is 10.1. The minimum Gasteiger partial charge on any atom is -0.398 e. The number of nitrogens with zero attached hydrogens (tertiary/aromatic N) is 1. The van der Waals surface area contributed by atoms with Gasteiger partial charge in [-0.1, -0.05) is 29.8 Å². The van der Waals surface area contributed by atoms with Crippen molar-refractivity contribution in [1.82, 2.24) is 0 Å². The van der Waals surface area contributed by atoms with E-state index in [-0.39, 0.29) is 5.91 Å². The van der Waals surface area contributed by atoms with Gasteiger partial charge in [0.2, 0.25) is 5.91 Å². The molecule has 0 aliphatic carbocycles. The normalized spacial score (nSPS) is 10.4.